The lowest BCUT2D eigenvalue weighted by Gasteiger charge is -2.13. The van der Waals surface area contributed by atoms with Gasteiger partial charge in [0.05, 0.1) is 22.0 Å². The standard InChI is InChI=1S/C15H12Cl2N2O3/c1-8(11-7-10(16)3-5-14(11)20)18-19-13-6-9(15(21)22)2-4-12(13)17/h2-7,19-20H,1H3,(H,21,22)/p-1/b18-8+. The van der Waals surface area contributed by atoms with Gasteiger partial charge >= 0.3 is 5.97 Å². The molecular formula is C15H11Cl2N2O3-. The highest BCUT2D eigenvalue weighted by atomic mass is 35.5. The van der Waals surface area contributed by atoms with Gasteiger partial charge in [-0.25, -0.2) is 4.79 Å². The molecule has 0 aliphatic carbocycles. The summed E-state index contributed by atoms with van der Waals surface area (Å²) in [4.78, 5) is 10.9. The summed E-state index contributed by atoms with van der Waals surface area (Å²) in [5, 5.41) is 25.5. The number of carbonyl (C=O) groups is 1. The maximum atomic E-state index is 11.8. The van der Waals surface area contributed by atoms with Crippen LogP contribution in [0.3, 0.4) is 0 Å². The van der Waals surface area contributed by atoms with Crippen molar-refractivity contribution in [2.75, 3.05) is 5.43 Å². The third-order valence-electron chi connectivity index (χ3n) is 2.89. The van der Waals surface area contributed by atoms with E-state index in [-0.39, 0.29) is 11.3 Å². The maximum absolute atomic E-state index is 11.8. The van der Waals surface area contributed by atoms with E-state index in [4.69, 9.17) is 28.3 Å². The number of nitrogens with zero attached hydrogens (tertiary/aromatic N) is 1. The number of anilines is 1. The van der Waals surface area contributed by atoms with E-state index in [0.717, 1.165) is 0 Å². The molecule has 114 valence electrons. The van der Waals surface area contributed by atoms with Gasteiger partial charge in [0.2, 0.25) is 0 Å². The van der Waals surface area contributed by atoms with Crippen molar-refractivity contribution >= 4 is 40.6 Å². The number of rotatable bonds is 4. The van der Waals surface area contributed by atoms with Crippen LogP contribution < -0.4 is 10.5 Å². The monoisotopic (exact) mass is 337 g/mol. The molecule has 0 saturated carbocycles. The highest BCUT2D eigenvalue weighted by Crippen LogP contribution is 2.24. The Morgan fingerprint density at radius 1 is 1.23 bits per heavy atom. The molecule has 2 aromatic rings. The average Bonchev–Trinajstić information content (AvgIpc) is 2.48. The van der Waals surface area contributed by atoms with Gasteiger partial charge in [0.1, 0.15) is 0 Å². The van der Waals surface area contributed by atoms with Crippen LogP contribution in [0.2, 0.25) is 10.0 Å². The summed E-state index contributed by atoms with van der Waals surface area (Å²) in [6.07, 6.45) is 0. The molecule has 0 aromatic heterocycles. The molecule has 0 heterocycles. The van der Waals surface area contributed by atoms with Gasteiger partial charge in [0.25, 0.3) is 0 Å². The predicted octanol–water partition coefficient (Wildman–Crippen LogP) is 3.60. The van der Waals surface area contributed by atoms with E-state index in [9.17, 15) is 9.90 Å². The second kappa shape index (κ2) is 6.68. The van der Waals surface area contributed by atoms with Gasteiger partial charge in [0.15, 0.2) is 0 Å². The normalized spacial score (nSPS) is 11.3. The molecular weight excluding hydrogens is 327 g/mol. The van der Waals surface area contributed by atoms with Gasteiger partial charge in [-0.15, -0.1) is 0 Å². The number of benzene rings is 2. The Bertz CT molecular complexity index is 760. The van der Waals surface area contributed by atoms with Gasteiger partial charge < -0.3 is 10.2 Å². The van der Waals surface area contributed by atoms with Crippen molar-refractivity contribution < 1.29 is 15.0 Å². The van der Waals surface area contributed by atoms with Crippen LogP contribution in [-0.2, 0) is 0 Å². The minimum absolute atomic E-state index is 0.0759. The van der Waals surface area contributed by atoms with E-state index in [1.165, 1.54) is 36.4 Å². The first-order valence-corrected chi connectivity index (χ1v) is 6.94. The smallest absolute Gasteiger partial charge is 0.335 e. The molecule has 0 saturated heterocycles. The van der Waals surface area contributed by atoms with E-state index >= 15 is 0 Å². The largest absolute Gasteiger partial charge is 0.872 e. The average molecular weight is 338 g/mol. The summed E-state index contributed by atoms with van der Waals surface area (Å²) in [5.41, 5.74) is 3.83. The first-order valence-electron chi connectivity index (χ1n) is 6.18. The Kier molecular flexibility index (Phi) is 4.90. The summed E-state index contributed by atoms with van der Waals surface area (Å²) in [6, 6.07) is 8.57. The van der Waals surface area contributed by atoms with Gasteiger partial charge in [-0.2, -0.15) is 5.10 Å². The number of hydrazone groups is 1. The molecule has 0 aliphatic heterocycles. The van der Waals surface area contributed by atoms with Gasteiger partial charge in [-0.1, -0.05) is 35.0 Å². The summed E-state index contributed by atoms with van der Waals surface area (Å²) in [6.45, 7) is 1.63. The van der Waals surface area contributed by atoms with Gasteiger partial charge in [-0.05, 0) is 42.8 Å². The lowest BCUT2D eigenvalue weighted by atomic mass is 10.1. The topological polar surface area (TPSA) is 84.8 Å². The number of halogens is 2. The van der Waals surface area contributed by atoms with Crippen LogP contribution in [0.5, 0.6) is 5.75 Å². The van der Waals surface area contributed by atoms with Crippen molar-refractivity contribution in [3.8, 4) is 5.75 Å². The van der Waals surface area contributed by atoms with E-state index in [1.807, 2.05) is 0 Å². The Morgan fingerprint density at radius 3 is 2.64 bits per heavy atom. The van der Waals surface area contributed by atoms with Crippen LogP contribution >= 0.6 is 23.2 Å². The number of carboxylic acid groups (broad SMARTS) is 1. The molecule has 0 fully saturated rings. The minimum Gasteiger partial charge on any atom is -0.872 e. The van der Waals surface area contributed by atoms with Crippen molar-refractivity contribution in [3.63, 3.8) is 0 Å². The molecule has 22 heavy (non-hydrogen) atoms. The quantitative estimate of drug-likeness (QED) is 0.659. The van der Waals surface area contributed by atoms with Crippen LogP contribution in [0.4, 0.5) is 5.69 Å². The van der Waals surface area contributed by atoms with Crippen molar-refractivity contribution in [3.05, 3.63) is 57.6 Å². The molecule has 7 heteroatoms. The molecule has 0 atom stereocenters. The first kappa shape index (κ1) is 16.1. The van der Waals surface area contributed by atoms with Crippen LogP contribution in [-0.4, -0.2) is 16.8 Å². The van der Waals surface area contributed by atoms with E-state index in [2.05, 4.69) is 10.5 Å². The Balaban J connectivity index is 2.29. The fourth-order valence-electron chi connectivity index (χ4n) is 1.73. The van der Waals surface area contributed by atoms with Gasteiger partial charge in [0, 0.05) is 5.02 Å². The summed E-state index contributed by atoms with van der Waals surface area (Å²) < 4.78 is 0. The molecule has 2 rings (SSSR count). The number of carboxylic acids is 1. The third kappa shape index (κ3) is 3.69. The minimum atomic E-state index is -1.07. The maximum Gasteiger partial charge on any atom is 0.335 e. The van der Waals surface area contributed by atoms with Crippen LogP contribution in [0.25, 0.3) is 0 Å². The third-order valence-corrected chi connectivity index (χ3v) is 3.45. The number of hydrogen-bond donors (Lipinski definition) is 2. The van der Waals surface area contributed by atoms with Gasteiger partial charge in [-0.3, -0.25) is 5.43 Å². The summed E-state index contributed by atoms with van der Waals surface area (Å²) in [5.74, 6) is -1.28. The zero-order valence-electron chi connectivity index (χ0n) is 11.4. The summed E-state index contributed by atoms with van der Waals surface area (Å²) in [7, 11) is 0. The molecule has 0 unspecified atom stereocenters. The van der Waals surface area contributed by atoms with Crippen molar-refractivity contribution in [2.45, 2.75) is 6.92 Å². The molecule has 0 radical (unpaired) electrons. The Hall–Kier alpha value is -2.24. The number of hydrogen-bond acceptors (Lipinski definition) is 4. The Labute approximate surface area is 136 Å². The second-order valence-electron chi connectivity index (χ2n) is 4.45. The molecule has 0 amide bonds. The molecule has 2 aromatic carbocycles. The van der Waals surface area contributed by atoms with Crippen molar-refractivity contribution in [1.29, 1.82) is 0 Å². The van der Waals surface area contributed by atoms with Crippen LogP contribution in [0, 0.1) is 0 Å². The predicted molar refractivity (Wildman–Crippen MR) is 85.1 cm³/mol. The van der Waals surface area contributed by atoms with Crippen LogP contribution in [0.1, 0.15) is 22.8 Å². The van der Waals surface area contributed by atoms with E-state index < -0.39 is 5.97 Å². The highest BCUT2D eigenvalue weighted by molar-refractivity contribution is 6.33. The van der Waals surface area contributed by atoms with E-state index in [1.54, 1.807) is 6.92 Å². The Morgan fingerprint density at radius 2 is 1.95 bits per heavy atom. The SMILES string of the molecule is C/C(=N\Nc1cc(C(=O)O)ccc1Cl)c1cc(Cl)ccc1[O-]. The zero-order valence-corrected chi connectivity index (χ0v) is 12.9. The summed E-state index contributed by atoms with van der Waals surface area (Å²) >= 11 is 11.8. The zero-order chi connectivity index (χ0) is 16.3. The lowest BCUT2D eigenvalue weighted by molar-refractivity contribution is -0.268. The fourth-order valence-corrected chi connectivity index (χ4v) is 2.07. The number of aromatic carboxylic acids is 1. The van der Waals surface area contributed by atoms with Crippen molar-refractivity contribution in [2.24, 2.45) is 5.10 Å². The van der Waals surface area contributed by atoms with Crippen LogP contribution in [0.15, 0.2) is 41.5 Å². The van der Waals surface area contributed by atoms with Crippen molar-refractivity contribution in [1.82, 2.24) is 0 Å². The lowest BCUT2D eigenvalue weighted by Crippen LogP contribution is -2.05. The first-order chi connectivity index (χ1) is 10.4. The molecule has 0 aliphatic rings. The molecule has 0 spiro atoms. The molecule has 5 nitrogen and oxygen atoms in total. The molecule has 0 bridgehead atoms. The number of nitrogens with one attached hydrogen (secondary N) is 1. The fraction of sp³-hybridized carbons (Fsp3) is 0.0667. The highest BCUT2D eigenvalue weighted by Gasteiger charge is 2.07. The van der Waals surface area contributed by atoms with E-state index in [0.29, 0.717) is 27.0 Å². The molecule has 2 N–H and O–H groups in total. The second-order valence-corrected chi connectivity index (χ2v) is 5.29.